The summed E-state index contributed by atoms with van der Waals surface area (Å²) in [5.74, 6) is 0.159. The quantitative estimate of drug-likeness (QED) is 0.922. The summed E-state index contributed by atoms with van der Waals surface area (Å²) < 4.78 is 0. The number of nitrogens with one attached hydrogen (secondary N) is 1. The molecule has 2 aromatic rings. The van der Waals surface area contributed by atoms with Gasteiger partial charge in [-0.25, -0.2) is 9.97 Å². The van der Waals surface area contributed by atoms with Crippen LogP contribution in [0.1, 0.15) is 38.3 Å². The standard InChI is InChI=1S/C16H19N5O2S/c1-10(22)19-16-18-8-15(24-16)14-7-17-6-13(20-14)12-4-3-5-21(9-12)11(2)23/h6-8,12H,3-5,9H2,1-2H3,(H,18,19,22)/t12-/m0/s1. The molecule has 3 rings (SSSR count). The zero-order valence-corrected chi connectivity index (χ0v) is 14.5. The van der Waals surface area contributed by atoms with Gasteiger partial charge in [-0.05, 0) is 12.8 Å². The molecular formula is C16H19N5O2S. The number of carbonyl (C=O) groups is 2. The van der Waals surface area contributed by atoms with Crippen LogP contribution in [0.3, 0.4) is 0 Å². The lowest BCUT2D eigenvalue weighted by atomic mass is 9.95. The Morgan fingerprint density at radius 3 is 2.88 bits per heavy atom. The predicted molar refractivity (Wildman–Crippen MR) is 91.7 cm³/mol. The summed E-state index contributed by atoms with van der Waals surface area (Å²) in [7, 11) is 0. The van der Waals surface area contributed by atoms with Gasteiger partial charge in [0, 0.05) is 45.2 Å². The second-order valence-corrected chi connectivity index (χ2v) is 6.87. The molecule has 0 spiro atoms. The van der Waals surface area contributed by atoms with E-state index in [4.69, 9.17) is 4.98 Å². The van der Waals surface area contributed by atoms with Crippen molar-refractivity contribution in [1.82, 2.24) is 19.9 Å². The first-order valence-electron chi connectivity index (χ1n) is 7.84. The minimum absolute atomic E-state index is 0.103. The van der Waals surface area contributed by atoms with Crippen LogP contribution in [-0.2, 0) is 9.59 Å². The van der Waals surface area contributed by atoms with Crippen molar-refractivity contribution < 1.29 is 9.59 Å². The molecule has 7 nitrogen and oxygen atoms in total. The van der Waals surface area contributed by atoms with Crippen LogP contribution in [0.4, 0.5) is 5.13 Å². The van der Waals surface area contributed by atoms with Crippen LogP contribution in [-0.4, -0.2) is 44.8 Å². The topological polar surface area (TPSA) is 88.1 Å². The van der Waals surface area contributed by atoms with E-state index >= 15 is 0 Å². The maximum absolute atomic E-state index is 11.6. The summed E-state index contributed by atoms with van der Waals surface area (Å²) in [6.45, 7) is 4.55. The molecule has 0 saturated carbocycles. The van der Waals surface area contributed by atoms with Crippen molar-refractivity contribution in [2.24, 2.45) is 0 Å². The van der Waals surface area contributed by atoms with Crippen molar-refractivity contribution in [3.05, 3.63) is 24.3 Å². The van der Waals surface area contributed by atoms with Gasteiger partial charge < -0.3 is 10.2 Å². The highest BCUT2D eigenvalue weighted by Gasteiger charge is 2.24. The van der Waals surface area contributed by atoms with E-state index in [0.717, 1.165) is 35.7 Å². The summed E-state index contributed by atoms with van der Waals surface area (Å²) in [4.78, 5) is 38.6. The number of hydrogen-bond donors (Lipinski definition) is 1. The summed E-state index contributed by atoms with van der Waals surface area (Å²) >= 11 is 1.37. The maximum Gasteiger partial charge on any atom is 0.223 e. The Balaban J connectivity index is 1.80. The maximum atomic E-state index is 11.6. The fraction of sp³-hybridized carbons (Fsp3) is 0.438. The number of amides is 2. The number of hydrogen-bond acceptors (Lipinski definition) is 6. The molecule has 3 heterocycles. The molecule has 2 amide bonds. The lowest BCUT2D eigenvalue weighted by Crippen LogP contribution is -2.37. The first kappa shape index (κ1) is 16.5. The first-order valence-corrected chi connectivity index (χ1v) is 8.66. The van der Waals surface area contributed by atoms with Gasteiger partial charge in [0.1, 0.15) is 5.69 Å². The normalized spacial score (nSPS) is 17.6. The zero-order chi connectivity index (χ0) is 17.1. The Bertz CT molecular complexity index is 760. The van der Waals surface area contributed by atoms with E-state index < -0.39 is 0 Å². The number of piperidine rings is 1. The highest BCUT2D eigenvalue weighted by atomic mass is 32.1. The number of anilines is 1. The van der Waals surface area contributed by atoms with Gasteiger partial charge in [-0.3, -0.25) is 14.6 Å². The van der Waals surface area contributed by atoms with Gasteiger partial charge >= 0.3 is 0 Å². The van der Waals surface area contributed by atoms with Crippen LogP contribution < -0.4 is 5.32 Å². The third-order valence-electron chi connectivity index (χ3n) is 3.98. The van der Waals surface area contributed by atoms with Gasteiger partial charge in [0.15, 0.2) is 5.13 Å². The molecular weight excluding hydrogens is 326 g/mol. The molecule has 0 bridgehead atoms. The smallest absolute Gasteiger partial charge is 0.223 e. The Kier molecular flexibility index (Phi) is 4.84. The first-order chi connectivity index (χ1) is 11.5. The van der Waals surface area contributed by atoms with E-state index in [1.807, 2.05) is 4.90 Å². The van der Waals surface area contributed by atoms with Crippen LogP contribution >= 0.6 is 11.3 Å². The van der Waals surface area contributed by atoms with Gasteiger partial charge in [-0.15, -0.1) is 0 Å². The number of aromatic nitrogens is 3. The molecule has 0 aliphatic carbocycles. The molecule has 24 heavy (non-hydrogen) atoms. The van der Waals surface area contributed by atoms with E-state index in [2.05, 4.69) is 15.3 Å². The van der Waals surface area contributed by atoms with Crippen LogP contribution in [0.5, 0.6) is 0 Å². The third-order valence-corrected chi connectivity index (χ3v) is 4.91. The average molecular weight is 345 g/mol. The minimum atomic E-state index is -0.151. The van der Waals surface area contributed by atoms with E-state index in [9.17, 15) is 9.59 Å². The SMILES string of the molecule is CC(=O)Nc1ncc(-c2cncc([C@H]3CCCN(C(C)=O)C3)n2)s1. The number of likely N-dealkylation sites (tertiary alicyclic amines) is 1. The van der Waals surface area contributed by atoms with Gasteiger partial charge in [0.25, 0.3) is 0 Å². The number of nitrogens with zero attached hydrogens (tertiary/aromatic N) is 4. The molecule has 0 unspecified atom stereocenters. The molecule has 1 aliphatic rings. The van der Waals surface area contributed by atoms with Crippen LogP contribution in [0.25, 0.3) is 10.6 Å². The Labute approximate surface area is 144 Å². The fourth-order valence-electron chi connectivity index (χ4n) is 2.80. The molecule has 1 aliphatic heterocycles. The molecule has 1 fully saturated rings. The minimum Gasteiger partial charge on any atom is -0.342 e. The zero-order valence-electron chi connectivity index (χ0n) is 13.7. The van der Waals surface area contributed by atoms with Crippen LogP contribution in [0.15, 0.2) is 18.6 Å². The monoisotopic (exact) mass is 345 g/mol. The summed E-state index contributed by atoms with van der Waals surface area (Å²) in [5, 5.41) is 3.21. The molecule has 126 valence electrons. The molecule has 1 saturated heterocycles. The Morgan fingerprint density at radius 1 is 1.29 bits per heavy atom. The summed E-state index contributed by atoms with van der Waals surface area (Å²) in [6.07, 6.45) is 7.13. The molecule has 1 atom stereocenters. The summed E-state index contributed by atoms with van der Waals surface area (Å²) in [6, 6.07) is 0. The average Bonchev–Trinajstić information content (AvgIpc) is 3.03. The second-order valence-electron chi connectivity index (χ2n) is 5.84. The van der Waals surface area contributed by atoms with Gasteiger partial charge in [0.2, 0.25) is 11.8 Å². The van der Waals surface area contributed by atoms with E-state index in [-0.39, 0.29) is 17.7 Å². The molecule has 2 aromatic heterocycles. The van der Waals surface area contributed by atoms with E-state index in [0.29, 0.717) is 11.7 Å². The Hall–Kier alpha value is -2.35. The molecule has 0 radical (unpaired) electrons. The van der Waals surface area contributed by atoms with Crippen LogP contribution in [0.2, 0.25) is 0 Å². The van der Waals surface area contributed by atoms with Crippen LogP contribution in [0, 0.1) is 0 Å². The number of carbonyl (C=O) groups excluding carboxylic acids is 2. The Morgan fingerprint density at radius 2 is 2.12 bits per heavy atom. The van der Waals surface area contributed by atoms with Gasteiger partial charge in [-0.1, -0.05) is 11.3 Å². The van der Waals surface area contributed by atoms with E-state index in [1.54, 1.807) is 25.5 Å². The third kappa shape index (κ3) is 3.76. The highest BCUT2D eigenvalue weighted by Crippen LogP contribution is 2.30. The van der Waals surface area contributed by atoms with Crippen molar-refractivity contribution in [1.29, 1.82) is 0 Å². The highest BCUT2D eigenvalue weighted by molar-refractivity contribution is 7.19. The fourth-order valence-corrected chi connectivity index (χ4v) is 3.62. The van der Waals surface area contributed by atoms with Crippen molar-refractivity contribution in [3.63, 3.8) is 0 Å². The number of thiazole rings is 1. The van der Waals surface area contributed by atoms with Crippen molar-refractivity contribution in [3.8, 4) is 10.6 Å². The lowest BCUT2D eigenvalue weighted by molar-refractivity contribution is -0.130. The van der Waals surface area contributed by atoms with E-state index in [1.165, 1.54) is 18.3 Å². The molecule has 0 aromatic carbocycles. The number of rotatable bonds is 3. The lowest BCUT2D eigenvalue weighted by Gasteiger charge is -2.31. The van der Waals surface area contributed by atoms with Gasteiger partial charge in [0.05, 0.1) is 16.8 Å². The van der Waals surface area contributed by atoms with Crippen molar-refractivity contribution in [2.75, 3.05) is 18.4 Å². The van der Waals surface area contributed by atoms with Crippen molar-refractivity contribution >= 4 is 28.3 Å². The van der Waals surface area contributed by atoms with Crippen molar-refractivity contribution in [2.45, 2.75) is 32.6 Å². The molecule has 1 N–H and O–H groups in total. The van der Waals surface area contributed by atoms with Gasteiger partial charge in [-0.2, -0.15) is 0 Å². The second kappa shape index (κ2) is 7.04. The summed E-state index contributed by atoms with van der Waals surface area (Å²) in [5.41, 5.74) is 1.63. The molecule has 8 heteroatoms. The predicted octanol–water partition coefficient (Wildman–Crippen LogP) is 2.28. The largest absolute Gasteiger partial charge is 0.342 e.